The second kappa shape index (κ2) is 6.78. The van der Waals surface area contributed by atoms with Gasteiger partial charge in [-0.15, -0.1) is 0 Å². The highest BCUT2D eigenvalue weighted by atomic mass is 16.5. The first-order valence-corrected chi connectivity index (χ1v) is 8.03. The standard InChI is InChI=1S/C20H21NO2/c1-14-18(13-16-5-3-4-6-19(16)21-14)20(22)12-9-15-7-10-17(23-2)11-8-15/h7-13H,3-6H2,1-2H3. The Labute approximate surface area is 137 Å². The maximum atomic E-state index is 12.5. The van der Waals surface area contributed by atoms with Crippen molar-refractivity contribution in [1.82, 2.24) is 4.98 Å². The van der Waals surface area contributed by atoms with E-state index >= 15 is 0 Å². The summed E-state index contributed by atoms with van der Waals surface area (Å²) in [5.74, 6) is 0.822. The Hall–Kier alpha value is -2.42. The van der Waals surface area contributed by atoms with Crippen LogP contribution in [-0.2, 0) is 12.8 Å². The number of ketones is 1. The highest BCUT2D eigenvalue weighted by Crippen LogP contribution is 2.22. The quantitative estimate of drug-likeness (QED) is 0.628. The minimum absolute atomic E-state index is 0.0131. The average molecular weight is 307 g/mol. The number of benzene rings is 1. The highest BCUT2D eigenvalue weighted by molar-refractivity contribution is 6.07. The van der Waals surface area contributed by atoms with E-state index < -0.39 is 0 Å². The summed E-state index contributed by atoms with van der Waals surface area (Å²) in [6.07, 6.45) is 7.91. The predicted octanol–water partition coefficient (Wildman–Crippen LogP) is 4.17. The van der Waals surface area contributed by atoms with E-state index in [1.807, 2.05) is 43.3 Å². The summed E-state index contributed by atoms with van der Waals surface area (Å²) >= 11 is 0. The number of fused-ring (bicyclic) bond motifs is 1. The number of allylic oxidation sites excluding steroid dienone is 1. The van der Waals surface area contributed by atoms with E-state index in [-0.39, 0.29) is 5.78 Å². The molecule has 1 aliphatic rings. The SMILES string of the molecule is COc1ccc(C=CC(=O)c2cc3c(nc2C)CCCC3)cc1. The fraction of sp³-hybridized carbons (Fsp3) is 0.300. The van der Waals surface area contributed by atoms with Crippen molar-refractivity contribution in [3.63, 3.8) is 0 Å². The molecular weight excluding hydrogens is 286 g/mol. The van der Waals surface area contributed by atoms with Crippen molar-refractivity contribution in [1.29, 1.82) is 0 Å². The lowest BCUT2D eigenvalue weighted by Crippen LogP contribution is -2.10. The Kier molecular flexibility index (Phi) is 4.56. The Morgan fingerprint density at radius 3 is 2.65 bits per heavy atom. The van der Waals surface area contributed by atoms with Crippen molar-refractivity contribution >= 4 is 11.9 Å². The number of nitrogens with zero attached hydrogens (tertiary/aromatic N) is 1. The van der Waals surface area contributed by atoms with Crippen molar-refractivity contribution in [3.8, 4) is 5.75 Å². The third-order valence-electron chi connectivity index (χ3n) is 4.30. The van der Waals surface area contributed by atoms with Crippen molar-refractivity contribution < 1.29 is 9.53 Å². The van der Waals surface area contributed by atoms with Crippen LogP contribution in [0.15, 0.2) is 36.4 Å². The normalized spacial score (nSPS) is 13.8. The van der Waals surface area contributed by atoms with E-state index in [0.29, 0.717) is 0 Å². The summed E-state index contributed by atoms with van der Waals surface area (Å²) in [5, 5.41) is 0. The number of hydrogen-bond donors (Lipinski definition) is 0. The molecule has 0 saturated heterocycles. The van der Waals surface area contributed by atoms with Gasteiger partial charge < -0.3 is 4.74 Å². The molecular formula is C20H21NO2. The Morgan fingerprint density at radius 1 is 1.17 bits per heavy atom. The van der Waals surface area contributed by atoms with E-state index in [1.54, 1.807) is 13.2 Å². The zero-order valence-electron chi connectivity index (χ0n) is 13.6. The molecule has 1 heterocycles. The van der Waals surface area contributed by atoms with Crippen molar-refractivity contribution in [2.75, 3.05) is 7.11 Å². The molecule has 0 unspecified atom stereocenters. The smallest absolute Gasteiger partial charge is 0.187 e. The fourth-order valence-corrected chi connectivity index (χ4v) is 2.96. The van der Waals surface area contributed by atoms with Gasteiger partial charge in [-0.1, -0.05) is 18.2 Å². The second-order valence-corrected chi connectivity index (χ2v) is 5.91. The minimum atomic E-state index is 0.0131. The molecule has 0 saturated carbocycles. The minimum Gasteiger partial charge on any atom is -0.497 e. The molecule has 118 valence electrons. The van der Waals surface area contributed by atoms with Crippen LogP contribution < -0.4 is 4.74 Å². The number of carbonyl (C=O) groups is 1. The number of methoxy groups -OCH3 is 1. The molecule has 0 spiro atoms. The van der Waals surface area contributed by atoms with Gasteiger partial charge in [-0.05, 0) is 68.0 Å². The Morgan fingerprint density at radius 2 is 1.91 bits per heavy atom. The molecule has 1 aliphatic carbocycles. The molecule has 0 radical (unpaired) electrons. The molecule has 0 amide bonds. The number of pyridine rings is 1. The van der Waals surface area contributed by atoms with Crippen LogP contribution in [0.2, 0.25) is 0 Å². The van der Waals surface area contributed by atoms with Gasteiger partial charge in [0, 0.05) is 17.0 Å². The lowest BCUT2D eigenvalue weighted by molar-refractivity contribution is 0.104. The lowest BCUT2D eigenvalue weighted by Gasteiger charge is -2.16. The van der Waals surface area contributed by atoms with E-state index in [4.69, 9.17) is 4.74 Å². The number of hydrogen-bond acceptors (Lipinski definition) is 3. The van der Waals surface area contributed by atoms with Gasteiger partial charge in [0.1, 0.15) is 5.75 Å². The first-order chi connectivity index (χ1) is 11.2. The average Bonchev–Trinajstić information content (AvgIpc) is 2.59. The van der Waals surface area contributed by atoms with Crippen molar-refractivity contribution in [2.24, 2.45) is 0 Å². The molecule has 0 bridgehead atoms. The summed E-state index contributed by atoms with van der Waals surface area (Å²) in [7, 11) is 1.64. The van der Waals surface area contributed by atoms with Crippen molar-refractivity contribution in [2.45, 2.75) is 32.6 Å². The van der Waals surface area contributed by atoms with Gasteiger partial charge in [0.15, 0.2) is 5.78 Å². The lowest BCUT2D eigenvalue weighted by atomic mass is 9.93. The first kappa shape index (κ1) is 15.5. The van der Waals surface area contributed by atoms with Crippen LogP contribution in [-0.4, -0.2) is 17.9 Å². The molecule has 23 heavy (non-hydrogen) atoms. The Balaban J connectivity index is 1.80. The molecule has 2 aromatic rings. The molecule has 0 fully saturated rings. The van der Waals surface area contributed by atoms with Crippen LogP contribution in [0.4, 0.5) is 0 Å². The number of aromatic nitrogens is 1. The second-order valence-electron chi connectivity index (χ2n) is 5.91. The summed E-state index contributed by atoms with van der Waals surface area (Å²) in [4.78, 5) is 17.1. The summed E-state index contributed by atoms with van der Waals surface area (Å²) in [5.41, 5.74) is 4.93. The van der Waals surface area contributed by atoms with Crippen LogP contribution in [0.25, 0.3) is 6.08 Å². The maximum absolute atomic E-state index is 12.5. The molecule has 0 aliphatic heterocycles. The number of carbonyl (C=O) groups excluding carboxylic acids is 1. The third-order valence-corrected chi connectivity index (χ3v) is 4.30. The summed E-state index contributed by atoms with van der Waals surface area (Å²) in [6.45, 7) is 1.92. The van der Waals surface area contributed by atoms with E-state index in [1.165, 1.54) is 24.1 Å². The molecule has 3 rings (SSSR count). The molecule has 0 atom stereocenters. The van der Waals surface area contributed by atoms with Gasteiger partial charge in [0.05, 0.1) is 7.11 Å². The monoisotopic (exact) mass is 307 g/mol. The van der Waals surface area contributed by atoms with Gasteiger partial charge in [-0.2, -0.15) is 0 Å². The number of ether oxygens (including phenoxy) is 1. The highest BCUT2D eigenvalue weighted by Gasteiger charge is 2.15. The molecule has 3 nitrogen and oxygen atoms in total. The summed E-state index contributed by atoms with van der Waals surface area (Å²) in [6, 6.07) is 9.67. The van der Waals surface area contributed by atoms with Gasteiger partial charge in [-0.3, -0.25) is 9.78 Å². The fourth-order valence-electron chi connectivity index (χ4n) is 2.96. The van der Waals surface area contributed by atoms with E-state index in [2.05, 4.69) is 4.98 Å². The molecule has 3 heteroatoms. The number of aryl methyl sites for hydroxylation is 3. The largest absolute Gasteiger partial charge is 0.497 e. The number of rotatable bonds is 4. The van der Waals surface area contributed by atoms with Crippen LogP contribution in [0, 0.1) is 6.92 Å². The zero-order chi connectivity index (χ0) is 16.2. The third kappa shape index (κ3) is 3.50. The van der Waals surface area contributed by atoms with Crippen LogP contribution in [0.5, 0.6) is 5.75 Å². The first-order valence-electron chi connectivity index (χ1n) is 8.03. The summed E-state index contributed by atoms with van der Waals surface area (Å²) < 4.78 is 5.13. The van der Waals surface area contributed by atoms with Gasteiger partial charge in [0.25, 0.3) is 0 Å². The van der Waals surface area contributed by atoms with Crippen LogP contribution in [0.1, 0.15) is 45.7 Å². The molecule has 0 N–H and O–H groups in total. The van der Waals surface area contributed by atoms with E-state index in [0.717, 1.165) is 35.4 Å². The zero-order valence-corrected chi connectivity index (χ0v) is 13.6. The topological polar surface area (TPSA) is 39.2 Å². The van der Waals surface area contributed by atoms with Crippen molar-refractivity contribution in [3.05, 3.63) is 64.5 Å². The van der Waals surface area contributed by atoms with Gasteiger partial charge in [-0.25, -0.2) is 0 Å². The maximum Gasteiger partial charge on any atom is 0.187 e. The molecule has 1 aromatic heterocycles. The van der Waals surface area contributed by atoms with Crippen LogP contribution >= 0.6 is 0 Å². The Bertz CT molecular complexity index is 745. The van der Waals surface area contributed by atoms with Gasteiger partial charge >= 0.3 is 0 Å². The molecule has 1 aromatic carbocycles. The van der Waals surface area contributed by atoms with Gasteiger partial charge in [0.2, 0.25) is 0 Å². The van der Waals surface area contributed by atoms with E-state index in [9.17, 15) is 4.79 Å². The predicted molar refractivity (Wildman–Crippen MR) is 92.0 cm³/mol. The van der Waals surface area contributed by atoms with Crippen LogP contribution in [0.3, 0.4) is 0 Å².